The first-order valence-corrected chi connectivity index (χ1v) is 23.4. The Balaban J connectivity index is 1.03. The van der Waals surface area contributed by atoms with Gasteiger partial charge in [-0.15, -0.1) is 0 Å². The molecule has 0 aliphatic carbocycles. The summed E-state index contributed by atoms with van der Waals surface area (Å²) < 4.78 is 0. The van der Waals surface area contributed by atoms with E-state index in [4.69, 9.17) is 9.97 Å². The first kappa shape index (κ1) is 35.6. The van der Waals surface area contributed by atoms with Crippen molar-refractivity contribution in [1.29, 1.82) is 0 Å². The van der Waals surface area contributed by atoms with Crippen LogP contribution in [0.5, 0.6) is 0 Å². The molecule has 2 aromatic heterocycles. The fourth-order valence-electron chi connectivity index (χ4n) is 9.66. The van der Waals surface area contributed by atoms with Gasteiger partial charge in [-0.25, -0.2) is 9.97 Å². The van der Waals surface area contributed by atoms with Crippen LogP contribution in [0.2, 0.25) is 0 Å². The van der Waals surface area contributed by atoms with Gasteiger partial charge in [0, 0.05) is 119 Å². The normalized spacial score (nSPS) is 18.5. The van der Waals surface area contributed by atoms with Gasteiger partial charge in [0.1, 0.15) is 0 Å². The van der Waals surface area contributed by atoms with Crippen molar-refractivity contribution in [2.75, 3.05) is 74.5 Å². The predicted molar refractivity (Wildman–Crippen MR) is 251 cm³/mol. The molecule has 294 valence electrons. The largest absolute Gasteiger partial charge is 0.361 e. The number of hydrogen-bond donors (Lipinski definition) is 0. The van der Waals surface area contributed by atoms with Crippen LogP contribution in [-0.4, -0.2) is 97.9 Å². The predicted octanol–water partition coefficient (Wildman–Crippen LogP) is 4.09. The van der Waals surface area contributed by atoms with Gasteiger partial charge in [-0.05, 0) is 70.4 Å². The number of benzene rings is 3. The summed E-state index contributed by atoms with van der Waals surface area (Å²) in [6.07, 6.45) is 21.5. The Morgan fingerprint density at radius 3 is 1.13 bits per heavy atom. The molecule has 0 atom stereocenters. The Labute approximate surface area is 367 Å². The highest BCUT2D eigenvalue weighted by molar-refractivity contribution is 8.05. The third-order valence-corrected chi connectivity index (χ3v) is 17.6. The van der Waals surface area contributed by atoms with E-state index >= 15 is 0 Å². The monoisotopic (exact) mass is 856 g/mol. The van der Waals surface area contributed by atoms with E-state index in [0.717, 1.165) is 48.1 Å². The Kier molecular flexibility index (Phi) is 7.81. The Morgan fingerprint density at radius 2 is 0.767 bits per heavy atom. The van der Waals surface area contributed by atoms with Crippen molar-refractivity contribution < 1.29 is 0 Å². The van der Waals surface area contributed by atoms with Crippen molar-refractivity contribution in [2.24, 2.45) is 0 Å². The molecule has 0 spiro atoms. The van der Waals surface area contributed by atoms with E-state index in [1.54, 1.807) is 0 Å². The van der Waals surface area contributed by atoms with Crippen LogP contribution in [0.25, 0.3) is 0 Å². The zero-order valence-electron chi connectivity index (χ0n) is 33.5. The Bertz CT molecular complexity index is 2480. The number of nitrogens with zero attached hydrogens (tertiary/aromatic N) is 10. The lowest BCUT2D eigenvalue weighted by Gasteiger charge is -2.41. The Hall–Kier alpha value is -5.15. The van der Waals surface area contributed by atoms with Crippen LogP contribution in [0.1, 0.15) is 0 Å². The highest BCUT2D eigenvalue weighted by Gasteiger charge is 2.48. The van der Waals surface area contributed by atoms with Crippen molar-refractivity contribution in [3.8, 4) is 0 Å². The molecule has 0 bridgehead atoms. The molecule has 0 unspecified atom stereocenters. The van der Waals surface area contributed by atoms with Crippen molar-refractivity contribution in [1.82, 2.24) is 29.6 Å². The third-order valence-electron chi connectivity index (χ3n) is 12.6. The van der Waals surface area contributed by atoms with Crippen molar-refractivity contribution in [3.63, 3.8) is 0 Å². The molecule has 0 saturated carbocycles. The molecule has 0 N–H and O–H groups in total. The molecule has 8 aliphatic heterocycles. The van der Waals surface area contributed by atoms with Gasteiger partial charge in [0.2, 0.25) is 13.4 Å². The maximum absolute atomic E-state index is 5.32. The average molecular weight is 857 g/mol. The first-order chi connectivity index (χ1) is 29.3. The van der Waals surface area contributed by atoms with E-state index in [1.165, 1.54) is 73.5 Å². The molecule has 0 fully saturated rings. The summed E-state index contributed by atoms with van der Waals surface area (Å²) in [4.78, 5) is 36.9. The summed E-state index contributed by atoms with van der Waals surface area (Å²) >= 11 is 7.67. The van der Waals surface area contributed by atoms with Crippen LogP contribution in [0.3, 0.4) is 0 Å². The minimum absolute atomic E-state index is 0.0307. The number of hydrogen-bond acceptors (Lipinski definition) is 14. The molecule has 8 aliphatic rings. The second-order valence-corrected chi connectivity index (χ2v) is 20.8. The SMILES string of the molecule is CN1C=CN(c2ccc3c(c2)B2c4cc(N5C=CN(C)C5)cnc4Sc4c5c6c(c(c42)S3)Sc2ccc(N3C=CN(C)C3)cc2B6c2cc(N3C=CN(C)C3)cnc2S5)C1. The van der Waals surface area contributed by atoms with E-state index in [1.807, 2.05) is 47.0 Å². The van der Waals surface area contributed by atoms with Gasteiger partial charge in [-0.1, -0.05) is 58.0 Å². The maximum Gasteiger partial charge on any atom is 0.249 e. The van der Waals surface area contributed by atoms with Crippen LogP contribution in [-0.2, 0) is 0 Å². The molecule has 0 amide bonds. The van der Waals surface area contributed by atoms with E-state index in [2.05, 4.69) is 178 Å². The van der Waals surface area contributed by atoms with Gasteiger partial charge >= 0.3 is 0 Å². The highest BCUT2D eigenvalue weighted by atomic mass is 32.2. The molecular weight excluding hydrogens is 818 g/mol. The quantitative estimate of drug-likeness (QED) is 0.239. The summed E-state index contributed by atoms with van der Waals surface area (Å²) in [5, 5.41) is 2.18. The highest BCUT2D eigenvalue weighted by Crippen LogP contribution is 2.51. The standard InChI is InChI=1S/C44H38B2N10S4/c1-49-9-13-53(23-49)27-5-7-35-31(17-27)45-33-19-29(55-15-11-51(3)25-55)21-47-43(33)59-41-37(45)39(57-35)40-38-42(41)60-44-34(20-30(22-48-44)56-16-12-52(4)26-56)46(38)32-18-28(6-8-36(32)58-40)54-14-10-50(2)24-54/h5-22H,23-26H2,1-4H3. The summed E-state index contributed by atoms with van der Waals surface area (Å²) in [6, 6.07) is 19.1. The van der Waals surface area contributed by atoms with Gasteiger partial charge in [-0.3, -0.25) is 0 Å². The Morgan fingerprint density at radius 1 is 0.417 bits per heavy atom. The van der Waals surface area contributed by atoms with Crippen LogP contribution in [0.15, 0.2) is 150 Å². The van der Waals surface area contributed by atoms with E-state index < -0.39 is 0 Å². The third kappa shape index (κ3) is 5.36. The fraction of sp³-hybridized carbons (Fsp3) is 0.182. The van der Waals surface area contributed by atoms with Crippen LogP contribution in [0.4, 0.5) is 22.7 Å². The molecule has 0 saturated heterocycles. The smallest absolute Gasteiger partial charge is 0.249 e. The van der Waals surface area contributed by atoms with Gasteiger partial charge in [-0.2, -0.15) is 0 Å². The lowest BCUT2D eigenvalue weighted by atomic mass is 9.34. The molecule has 16 heteroatoms. The summed E-state index contributed by atoms with van der Waals surface area (Å²) in [7, 11) is 8.51. The number of fused-ring (bicyclic) bond motifs is 10. The van der Waals surface area contributed by atoms with Gasteiger partial charge < -0.3 is 39.2 Å². The maximum atomic E-state index is 5.32. The second-order valence-electron chi connectivity index (χ2n) is 16.7. The van der Waals surface area contributed by atoms with Crippen molar-refractivity contribution in [3.05, 3.63) is 111 Å². The van der Waals surface area contributed by atoms with Crippen LogP contribution in [0, 0.1) is 0 Å². The average Bonchev–Trinajstić information content (AvgIpc) is 4.10. The number of anilines is 4. The molecule has 5 aromatic rings. The van der Waals surface area contributed by atoms with Crippen LogP contribution >= 0.6 is 47.0 Å². The van der Waals surface area contributed by atoms with Gasteiger partial charge in [0.05, 0.1) is 60.5 Å². The second kappa shape index (κ2) is 13.2. The summed E-state index contributed by atoms with van der Waals surface area (Å²) in [5.74, 6) is 0. The molecule has 13 rings (SSSR count). The van der Waals surface area contributed by atoms with Gasteiger partial charge in [0.25, 0.3) is 0 Å². The summed E-state index contributed by atoms with van der Waals surface area (Å²) in [5.41, 5.74) is 12.8. The van der Waals surface area contributed by atoms with Crippen molar-refractivity contribution in [2.45, 2.75) is 39.4 Å². The van der Waals surface area contributed by atoms with E-state index in [9.17, 15) is 0 Å². The van der Waals surface area contributed by atoms with Crippen molar-refractivity contribution >= 4 is 116 Å². The number of pyridine rings is 2. The molecular formula is C44H38B2N10S4. The van der Waals surface area contributed by atoms with Crippen LogP contribution < -0.4 is 52.4 Å². The number of rotatable bonds is 4. The van der Waals surface area contributed by atoms with Gasteiger partial charge in [0.15, 0.2) is 0 Å². The lowest BCUT2D eigenvalue weighted by Crippen LogP contribution is -2.63. The molecule has 60 heavy (non-hydrogen) atoms. The van der Waals surface area contributed by atoms with E-state index in [-0.39, 0.29) is 13.4 Å². The van der Waals surface area contributed by atoms with E-state index in [0.29, 0.717) is 0 Å². The molecule has 10 heterocycles. The minimum atomic E-state index is 0.0307. The molecule has 3 aromatic carbocycles. The number of aromatic nitrogens is 2. The zero-order valence-corrected chi connectivity index (χ0v) is 36.7. The minimum Gasteiger partial charge on any atom is -0.361 e. The molecule has 0 radical (unpaired) electrons. The lowest BCUT2D eigenvalue weighted by molar-refractivity contribution is 0.495. The first-order valence-electron chi connectivity index (χ1n) is 20.1. The topological polar surface area (TPSA) is 51.7 Å². The fourth-order valence-corrected chi connectivity index (χ4v) is 14.9. The summed E-state index contributed by atoms with van der Waals surface area (Å²) in [6.45, 7) is 3.35. The molecule has 10 nitrogen and oxygen atoms in total. The zero-order chi connectivity index (χ0) is 40.0.